The molecule has 1 N–H and O–H groups in total. The van der Waals surface area contributed by atoms with Crippen molar-refractivity contribution in [3.05, 3.63) is 61.2 Å². The molecule has 2 unspecified atom stereocenters. The first-order chi connectivity index (χ1) is 18.5. The zero-order valence-corrected chi connectivity index (χ0v) is 22.1. The Morgan fingerprint density at radius 3 is 2.63 bits per heavy atom. The van der Waals surface area contributed by atoms with E-state index in [4.69, 9.17) is 14.6 Å². The van der Waals surface area contributed by atoms with Crippen molar-refractivity contribution in [3.8, 4) is 0 Å². The molecule has 4 rings (SSSR count). The number of hydrogen-bond acceptors (Lipinski definition) is 6. The number of aliphatic hydroxyl groups excluding tert-OH is 1. The number of likely N-dealkylation sites (tertiary alicyclic amines) is 1. The van der Waals surface area contributed by atoms with Gasteiger partial charge < -0.3 is 24.4 Å². The maximum absolute atomic E-state index is 14.3. The van der Waals surface area contributed by atoms with Gasteiger partial charge in [-0.25, -0.2) is 0 Å². The predicted molar refractivity (Wildman–Crippen MR) is 143 cm³/mol. The molecule has 0 radical (unpaired) electrons. The fourth-order valence-corrected chi connectivity index (χ4v) is 6.39. The highest BCUT2D eigenvalue weighted by atomic mass is 16.6. The Morgan fingerprint density at radius 1 is 1.16 bits per heavy atom. The van der Waals surface area contributed by atoms with E-state index in [2.05, 4.69) is 13.2 Å². The van der Waals surface area contributed by atoms with Crippen molar-refractivity contribution >= 4 is 17.8 Å². The molecule has 0 aliphatic carbocycles. The zero-order valence-electron chi connectivity index (χ0n) is 22.1. The molecule has 1 aromatic carbocycles. The summed E-state index contributed by atoms with van der Waals surface area (Å²) >= 11 is 0. The van der Waals surface area contributed by atoms with Crippen LogP contribution in [0.1, 0.15) is 50.5 Å². The van der Waals surface area contributed by atoms with Crippen LogP contribution in [0.4, 0.5) is 0 Å². The average molecular weight is 525 g/mol. The van der Waals surface area contributed by atoms with Crippen molar-refractivity contribution in [2.45, 2.75) is 69.2 Å². The molecule has 206 valence electrons. The number of benzene rings is 1. The summed E-state index contributed by atoms with van der Waals surface area (Å²) in [5.41, 5.74) is -0.0562. The molecule has 3 heterocycles. The van der Waals surface area contributed by atoms with Crippen LogP contribution in [-0.2, 0) is 30.4 Å². The van der Waals surface area contributed by atoms with Gasteiger partial charge in [-0.2, -0.15) is 0 Å². The molecule has 1 spiro atoms. The summed E-state index contributed by atoms with van der Waals surface area (Å²) in [6.07, 6.45) is 7.73. The van der Waals surface area contributed by atoms with Crippen LogP contribution >= 0.6 is 0 Å². The maximum atomic E-state index is 14.3. The largest absolute Gasteiger partial charge is 0.465 e. The van der Waals surface area contributed by atoms with E-state index in [0.717, 1.165) is 18.4 Å². The van der Waals surface area contributed by atoms with Gasteiger partial charge in [-0.3, -0.25) is 14.4 Å². The molecule has 38 heavy (non-hydrogen) atoms. The van der Waals surface area contributed by atoms with Crippen molar-refractivity contribution in [2.24, 2.45) is 11.8 Å². The molecule has 1 aromatic rings. The lowest BCUT2D eigenvalue weighted by Gasteiger charge is -2.37. The Balaban J connectivity index is 1.63. The minimum atomic E-state index is -1.04. The monoisotopic (exact) mass is 524 g/mol. The van der Waals surface area contributed by atoms with Crippen molar-refractivity contribution in [3.63, 3.8) is 0 Å². The molecule has 0 aromatic heterocycles. The molecule has 2 amide bonds. The summed E-state index contributed by atoms with van der Waals surface area (Å²) in [6, 6.07) is 8.93. The molecule has 3 aliphatic rings. The van der Waals surface area contributed by atoms with E-state index in [0.29, 0.717) is 51.7 Å². The van der Waals surface area contributed by atoms with Crippen molar-refractivity contribution in [1.29, 1.82) is 0 Å². The van der Waals surface area contributed by atoms with Gasteiger partial charge in [0.1, 0.15) is 11.6 Å². The van der Waals surface area contributed by atoms with E-state index in [1.807, 2.05) is 30.3 Å². The SMILES string of the molecule is C=CCCOC(=O)[C@@H]1[C@H]2C(=O)N(CCCCCCO)C(C(=O)N(CC=C)Cc3ccccc3)C23CC[C@H]1O3. The average Bonchev–Trinajstić information content (AvgIpc) is 3.56. The number of esters is 1. The number of rotatable bonds is 15. The molecule has 8 heteroatoms. The third-order valence-corrected chi connectivity index (χ3v) is 8.06. The number of unbranched alkanes of at least 4 members (excludes halogenated alkanes) is 3. The van der Waals surface area contributed by atoms with Gasteiger partial charge in [-0.05, 0) is 37.7 Å². The second-order valence-corrected chi connectivity index (χ2v) is 10.5. The van der Waals surface area contributed by atoms with Crippen LogP contribution < -0.4 is 0 Å². The lowest BCUT2D eigenvalue weighted by molar-refractivity contribution is -0.155. The third-order valence-electron chi connectivity index (χ3n) is 8.06. The van der Waals surface area contributed by atoms with Crippen LogP contribution in [0.5, 0.6) is 0 Å². The van der Waals surface area contributed by atoms with Gasteiger partial charge in [-0.15, -0.1) is 13.2 Å². The normalized spacial score (nSPS) is 27.3. The molecule has 5 atom stereocenters. The number of fused-ring (bicyclic) bond motifs is 1. The predicted octanol–water partition coefficient (Wildman–Crippen LogP) is 3.25. The summed E-state index contributed by atoms with van der Waals surface area (Å²) in [5, 5.41) is 9.12. The summed E-state index contributed by atoms with van der Waals surface area (Å²) in [4.78, 5) is 44.8. The van der Waals surface area contributed by atoms with Gasteiger partial charge >= 0.3 is 5.97 Å². The third kappa shape index (κ3) is 5.43. The van der Waals surface area contributed by atoms with Crippen LogP contribution in [0.2, 0.25) is 0 Å². The molecule has 2 bridgehead atoms. The van der Waals surface area contributed by atoms with Crippen LogP contribution in [0.25, 0.3) is 0 Å². The highest BCUT2D eigenvalue weighted by molar-refractivity contribution is 5.98. The van der Waals surface area contributed by atoms with Crippen LogP contribution in [0, 0.1) is 11.8 Å². The Kier molecular flexibility index (Phi) is 9.39. The van der Waals surface area contributed by atoms with Gasteiger partial charge in [0.15, 0.2) is 0 Å². The Hall–Kier alpha value is -2.97. The van der Waals surface area contributed by atoms with Gasteiger partial charge in [-0.1, -0.05) is 55.3 Å². The summed E-state index contributed by atoms with van der Waals surface area (Å²) in [6.45, 7) is 8.98. The molecule has 0 saturated carbocycles. The van der Waals surface area contributed by atoms with Crippen LogP contribution in [-0.4, -0.2) is 76.7 Å². The van der Waals surface area contributed by atoms with Crippen molar-refractivity contribution < 1.29 is 29.0 Å². The number of amides is 2. The van der Waals surface area contributed by atoms with Gasteiger partial charge in [0, 0.05) is 26.2 Å². The van der Waals surface area contributed by atoms with Crippen molar-refractivity contribution in [2.75, 3.05) is 26.3 Å². The number of aliphatic hydroxyl groups is 1. The Morgan fingerprint density at radius 2 is 1.92 bits per heavy atom. The summed E-state index contributed by atoms with van der Waals surface area (Å²) in [7, 11) is 0. The van der Waals surface area contributed by atoms with E-state index in [-0.39, 0.29) is 25.0 Å². The molecule has 3 fully saturated rings. The lowest BCUT2D eigenvalue weighted by Crippen LogP contribution is -2.56. The number of nitrogens with zero attached hydrogens (tertiary/aromatic N) is 2. The fourth-order valence-electron chi connectivity index (χ4n) is 6.39. The first kappa shape index (κ1) is 28.0. The highest BCUT2D eigenvalue weighted by Crippen LogP contribution is 2.58. The van der Waals surface area contributed by atoms with Gasteiger partial charge in [0.05, 0.1) is 24.5 Å². The van der Waals surface area contributed by atoms with Crippen LogP contribution in [0.15, 0.2) is 55.6 Å². The quantitative estimate of drug-likeness (QED) is 0.215. The molecule has 8 nitrogen and oxygen atoms in total. The summed E-state index contributed by atoms with van der Waals surface area (Å²) in [5.74, 6) is -2.25. The van der Waals surface area contributed by atoms with E-state index in [1.165, 1.54) is 0 Å². The topological polar surface area (TPSA) is 96.4 Å². The maximum Gasteiger partial charge on any atom is 0.312 e. The smallest absolute Gasteiger partial charge is 0.312 e. The van der Waals surface area contributed by atoms with E-state index in [9.17, 15) is 14.4 Å². The number of ether oxygens (including phenoxy) is 2. The van der Waals surface area contributed by atoms with E-state index in [1.54, 1.807) is 22.0 Å². The van der Waals surface area contributed by atoms with E-state index >= 15 is 0 Å². The Bertz CT molecular complexity index is 1010. The van der Waals surface area contributed by atoms with Crippen LogP contribution in [0.3, 0.4) is 0 Å². The lowest BCUT2D eigenvalue weighted by atomic mass is 9.70. The molecular formula is C30H40N2O6. The standard InChI is InChI=1S/C30H40N2O6/c1-3-5-20-37-29(36)24-23-15-16-30(38-23)25(24)27(34)32(18-11-6-7-12-19-33)26(30)28(35)31(17-4-2)21-22-13-9-8-10-14-22/h3-4,8-10,13-14,23-26,33H,1-2,5-7,11-12,15-21H2/t23-,24+,25+,26?,30?/m1/s1. The summed E-state index contributed by atoms with van der Waals surface area (Å²) < 4.78 is 12.0. The number of carbonyl (C=O) groups is 3. The minimum Gasteiger partial charge on any atom is -0.465 e. The number of carbonyl (C=O) groups excluding carboxylic acids is 3. The van der Waals surface area contributed by atoms with Gasteiger partial charge in [0.2, 0.25) is 11.8 Å². The highest BCUT2D eigenvalue weighted by Gasteiger charge is 2.75. The van der Waals surface area contributed by atoms with Crippen molar-refractivity contribution in [1.82, 2.24) is 9.80 Å². The second kappa shape index (κ2) is 12.7. The molecule has 3 aliphatic heterocycles. The second-order valence-electron chi connectivity index (χ2n) is 10.5. The minimum absolute atomic E-state index is 0.135. The van der Waals surface area contributed by atoms with Gasteiger partial charge in [0.25, 0.3) is 0 Å². The first-order valence-electron chi connectivity index (χ1n) is 13.8. The Labute approximate surface area is 225 Å². The fraction of sp³-hybridized carbons (Fsp3) is 0.567. The molecular weight excluding hydrogens is 484 g/mol. The first-order valence-corrected chi connectivity index (χ1v) is 13.8. The van der Waals surface area contributed by atoms with E-state index < -0.39 is 35.6 Å². The zero-order chi connectivity index (χ0) is 27.1. The number of hydrogen-bond donors (Lipinski definition) is 1. The molecule has 3 saturated heterocycles.